The van der Waals surface area contributed by atoms with Gasteiger partial charge in [-0.15, -0.1) is 0 Å². The molecule has 2 heterocycles. The first-order chi connectivity index (χ1) is 13.1. The van der Waals surface area contributed by atoms with Crippen molar-refractivity contribution < 1.29 is 5.11 Å². The van der Waals surface area contributed by atoms with E-state index in [0.29, 0.717) is 12.6 Å². The lowest BCUT2D eigenvalue weighted by atomic mass is 10.1. The largest absolute Gasteiger partial charge is 0.387 e. The van der Waals surface area contributed by atoms with Gasteiger partial charge in [-0.2, -0.15) is 0 Å². The predicted molar refractivity (Wildman–Crippen MR) is 110 cm³/mol. The third-order valence-electron chi connectivity index (χ3n) is 5.08. The van der Waals surface area contributed by atoms with E-state index >= 15 is 0 Å². The number of aromatic nitrogens is 2. The number of nitrogens with zero attached hydrogens (tertiary/aromatic N) is 4. The highest BCUT2D eigenvalue weighted by atomic mass is 16.3. The first-order valence-corrected chi connectivity index (χ1v) is 9.56. The summed E-state index contributed by atoms with van der Waals surface area (Å²) in [7, 11) is 0. The number of hydrogen-bond acceptors (Lipinski definition) is 6. The Morgan fingerprint density at radius 2 is 2.07 bits per heavy atom. The topological polar surface area (TPSA) is 64.5 Å². The van der Waals surface area contributed by atoms with Crippen molar-refractivity contribution in [2.24, 2.45) is 0 Å². The fourth-order valence-corrected chi connectivity index (χ4v) is 3.45. The van der Waals surface area contributed by atoms with E-state index in [0.717, 1.165) is 43.3 Å². The van der Waals surface area contributed by atoms with Crippen molar-refractivity contribution in [1.82, 2.24) is 14.9 Å². The van der Waals surface area contributed by atoms with Gasteiger partial charge in [0, 0.05) is 44.0 Å². The van der Waals surface area contributed by atoms with Gasteiger partial charge in [0.1, 0.15) is 18.0 Å². The summed E-state index contributed by atoms with van der Waals surface area (Å²) >= 11 is 0. The van der Waals surface area contributed by atoms with Gasteiger partial charge in [0.15, 0.2) is 0 Å². The zero-order valence-corrected chi connectivity index (χ0v) is 16.2. The van der Waals surface area contributed by atoms with Crippen LogP contribution in [0.5, 0.6) is 0 Å². The number of benzene rings is 1. The average molecular weight is 367 g/mol. The minimum absolute atomic E-state index is 0.400. The summed E-state index contributed by atoms with van der Waals surface area (Å²) in [5, 5.41) is 13.5. The second kappa shape index (κ2) is 8.86. The number of nitrogens with one attached hydrogen (secondary N) is 1. The number of hydrogen-bond donors (Lipinski definition) is 2. The van der Waals surface area contributed by atoms with Crippen LogP contribution in [-0.4, -0.2) is 52.2 Å². The first-order valence-electron chi connectivity index (χ1n) is 9.56. The molecule has 6 nitrogen and oxygen atoms in total. The van der Waals surface area contributed by atoms with E-state index in [9.17, 15) is 5.11 Å². The number of aliphatic hydroxyl groups is 1. The van der Waals surface area contributed by atoms with E-state index in [4.69, 9.17) is 0 Å². The number of aliphatic hydroxyl groups excluding tert-OH is 1. The van der Waals surface area contributed by atoms with Crippen molar-refractivity contribution >= 4 is 11.6 Å². The Labute approximate surface area is 161 Å². The van der Waals surface area contributed by atoms with Gasteiger partial charge in [0.2, 0.25) is 0 Å². The van der Waals surface area contributed by atoms with Gasteiger partial charge in [-0.25, -0.2) is 9.97 Å². The second-order valence-electron chi connectivity index (χ2n) is 6.98. The highest BCUT2D eigenvalue weighted by Crippen LogP contribution is 2.22. The van der Waals surface area contributed by atoms with E-state index in [1.807, 2.05) is 36.4 Å². The van der Waals surface area contributed by atoms with Crippen LogP contribution in [0.1, 0.15) is 31.9 Å². The lowest BCUT2D eigenvalue weighted by Crippen LogP contribution is -2.51. The Morgan fingerprint density at radius 3 is 2.78 bits per heavy atom. The molecule has 2 N–H and O–H groups in total. The summed E-state index contributed by atoms with van der Waals surface area (Å²) in [5.74, 6) is 1.64. The van der Waals surface area contributed by atoms with Crippen LogP contribution in [0.25, 0.3) is 0 Å². The average Bonchev–Trinajstić information content (AvgIpc) is 2.72. The molecule has 0 saturated carbocycles. The third kappa shape index (κ3) is 4.77. The van der Waals surface area contributed by atoms with Crippen LogP contribution in [-0.2, 0) is 0 Å². The molecule has 0 amide bonds. The maximum Gasteiger partial charge on any atom is 0.134 e. The van der Waals surface area contributed by atoms with Crippen molar-refractivity contribution in [3.8, 4) is 0 Å². The van der Waals surface area contributed by atoms with Gasteiger partial charge in [-0.3, -0.25) is 0 Å². The molecule has 144 valence electrons. The molecule has 0 bridgehead atoms. The predicted octanol–water partition coefficient (Wildman–Crippen LogP) is 3.06. The SMILES string of the molecule is C=C(CC)N1CCN(c2cc(NCC(O)c3ccccc3)ncn2)C[C@@H]1C. The van der Waals surface area contributed by atoms with E-state index in [2.05, 4.69) is 45.5 Å². The maximum atomic E-state index is 10.3. The molecule has 27 heavy (non-hydrogen) atoms. The van der Waals surface area contributed by atoms with Crippen LogP contribution in [0.15, 0.2) is 55.0 Å². The molecule has 0 radical (unpaired) electrons. The lowest BCUT2D eigenvalue weighted by Gasteiger charge is -2.42. The van der Waals surface area contributed by atoms with E-state index in [1.54, 1.807) is 6.33 Å². The van der Waals surface area contributed by atoms with Crippen LogP contribution in [0.3, 0.4) is 0 Å². The molecule has 1 aliphatic heterocycles. The zero-order valence-electron chi connectivity index (χ0n) is 16.2. The normalized spacial score (nSPS) is 18.3. The summed E-state index contributed by atoms with van der Waals surface area (Å²) in [5.41, 5.74) is 2.09. The standard InChI is InChI=1S/C21H29N5O/c1-4-16(2)26-11-10-25(14-17(26)3)21-12-20(23-15-24-21)22-13-19(27)18-8-6-5-7-9-18/h5-9,12,15,17,19,27H,2,4,10-11,13-14H2,1,3H3,(H,22,23,24)/t17-,19?/m0/s1. The zero-order chi connectivity index (χ0) is 19.2. The van der Waals surface area contributed by atoms with Crippen molar-refractivity contribution in [2.75, 3.05) is 36.4 Å². The van der Waals surface area contributed by atoms with E-state index in [-0.39, 0.29) is 0 Å². The molecule has 0 aliphatic carbocycles. The van der Waals surface area contributed by atoms with Crippen molar-refractivity contribution in [3.63, 3.8) is 0 Å². The van der Waals surface area contributed by atoms with Crippen LogP contribution < -0.4 is 10.2 Å². The molecule has 0 spiro atoms. The van der Waals surface area contributed by atoms with Crippen LogP contribution in [0.4, 0.5) is 11.6 Å². The summed E-state index contributed by atoms with van der Waals surface area (Å²) in [4.78, 5) is 13.4. The second-order valence-corrected chi connectivity index (χ2v) is 6.98. The van der Waals surface area contributed by atoms with Crippen molar-refractivity contribution in [3.05, 3.63) is 60.6 Å². The number of allylic oxidation sites excluding steroid dienone is 1. The Bertz CT molecular complexity index is 751. The molecular weight excluding hydrogens is 338 g/mol. The van der Waals surface area contributed by atoms with Gasteiger partial charge in [0.05, 0.1) is 6.10 Å². The number of piperazine rings is 1. The van der Waals surface area contributed by atoms with Crippen LogP contribution in [0, 0.1) is 0 Å². The summed E-state index contributed by atoms with van der Waals surface area (Å²) in [6.07, 6.45) is 1.98. The fraction of sp³-hybridized carbons (Fsp3) is 0.429. The Kier molecular flexibility index (Phi) is 6.29. The lowest BCUT2D eigenvalue weighted by molar-refractivity contribution is 0.191. The molecule has 2 atom stereocenters. The Morgan fingerprint density at radius 1 is 1.30 bits per heavy atom. The molecule has 1 aromatic heterocycles. The third-order valence-corrected chi connectivity index (χ3v) is 5.08. The highest BCUT2D eigenvalue weighted by Gasteiger charge is 2.25. The summed E-state index contributed by atoms with van der Waals surface area (Å²) in [6, 6.07) is 12.0. The molecule has 1 fully saturated rings. The molecule has 2 aromatic rings. The van der Waals surface area contributed by atoms with Crippen LogP contribution in [0.2, 0.25) is 0 Å². The van der Waals surface area contributed by atoms with Gasteiger partial charge in [0.25, 0.3) is 0 Å². The van der Waals surface area contributed by atoms with Gasteiger partial charge >= 0.3 is 0 Å². The monoisotopic (exact) mass is 367 g/mol. The first kappa shape index (κ1) is 19.2. The van der Waals surface area contributed by atoms with Crippen molar-refractivity contribution in [1.29, 1.82) is 0 Å². The smallest absolute Gasteiger partial charge is 0.134 e. The van der Waals surface area contributed by atoms with Gasteiger partial charge in [-0.05, 0) is 18.9 Å². The molecule has 6 heteroatoms. The quantitative estimate of drug-likeness (QED) is 0.784. The molecule has 1 aliphatic rings. The fourth-order valence-electron chi connectivity index (χ4n) is 3.45. The highest BCUT2D eigenvalue weighted by molar-refractivity contribution is 5.49. The summed E-state index contributed by atoms with van der Waals surface area (Å²) < 4.78 is 0. The molecule has 3 rings (SSSR count). The number of anilines is 2. The molecule has 1 aromatic carbocycles. The maximum absolute atomic E-state index is 10.3. The minimum atomic E-state index is -0.576. The number of rotatable bonds is 7. The van der Waals surface area contributed by atoms with Gasteiger partial charge in [-0.1, -0.05) is 43.8 Å². The van der Waals surface area contributed by atoms with E-state index < -0.39 is 6.10 Å². The molecule has 1 saturated heterocycles. The molecular formula is C21H29N5O. The summed E-state index contributed by atoms with van der Waals surface area (Å²) in [6.45, 7) is 11.7. The Balaban J connectivity index is 1.60. The Hall–Kier alpha value is -2.60. The van der Waals surface area contributed by atoms with Crippen LogP contribution >= 0.6 is 0 Å². The van der Waals surface area contributed by atoms with E-state index in [1.165, 1.54) is 5.70 Å². The van der Waals surface area contributed by atoms with Crippen molar-refractivity contribution in [2.45, 2.75) is 32.4 Å². The minimum Gasteiger partial charge on any atom is -0.387 e. The molecule has 1 unspecified atom stereocenters. The van der Waals surface area contributed by atoms with Gasteiger partial charge < -0.3 is 20.2 Å².